The highest BCUT2D eigenvalue weighted by atomic mass is 16.5. The second-order valence-electron chi connectivity index (χ2n) is 4.28. The van der Waals surface area contributed by atoms with Crippen molar-refractivity contribution in [1.29, 1.82) is 0 Å². The summed E-state index contributed by atoms with van der Waals surface area (Å²) in [7, 11) is 1.17. The topological polar surface area (TPSA) is 83.8 Å². The molecule has 0 aliphatic heterocycles. The number of hydrogen-bond acceptors (Lipinski definition) is 4. The summed E-state index contributed by atoms with van der Waals surface area (Å²) in [5, 5.41) is 18.1. The second-order valence-corrected chi connectivity index (χ2v) is 4.28. The first kappa shape index (κ1) is 14.2. The predicted octanol–water partition coefficient (Wildman–Crippen LogP) is 0.985. The van der Waals surface area contributed by atoms with Gasteiger partial charge in [0.15, 0.2) is 5.41 Å². The Morgan fingerprint density at radius 2 is 1.72 bits per heavy atom. The molecule has 1 unspecified atom stereocenters. The molecule has 0 aliphatic rings. The Balaban J connectivity index is 2.96. The van der Waals surface area contributed by atoms with Crippen molar-refractivity contribution in [2.24, 2.45) is 5.41 Å². The Labute approximate surface area is 105 Å². The van der Waals surface area contributed by atoms with Gasteiger partial charge in [-0.25, -0.2) is 0 Å². The van der Waals surface area contributed by atoms with Gasteiger partial charge in [-0.3, -0.25) is 9.59 Å². The Morgan fingerprint density at radius 1 is 1.22 bits per heavy atom. The highest BCUT2D eigenvalue weighted by molar-refractivity contribution is 5.98. The average molecular weight is 252 g/mol. The maximum absolute atomic E-state index is 11.6. The van der Waals surface area contributed by atoms with Crippen LogP contribution in [0.4, 0.5) is 0 Å². The lowest BCUT2D eigenvalue weighted by molar-refractivity contribution is -0.165. The van der Waals surface area contributed by atoms with Crippen LogP contribution in [-0.4, -0.2) is 29.3 Å². The standard InChI is InChI=1S/C13H16O5/c1-13(11(15)16,12(17)18-2)7-9-3-5-10(8-14)6-4-9/h3-6,14H,7-8H2,1-2H3,(H,15,16). The van der Waals surface area contributed by atoms with E-state index in [1.54, 1.807) is 24.3 Å². The summed E-state index contributed by atoms with van der Waals surface area (Å²) >= 11 is 0. The smallest absolute Gasteiger partial charge is 0.323 e. The minimum atomic E-state index is -1.60. The number of carbonyl (C=O) groups is 2. The molecule has 1 rings (SSSR count). The molecule has 98 valence electrons. The van der Waals surface area contributed by atoms with E-state index in [-0.39, 0.29) is 13.0 Å². The predicted molar refractivity (Wildman–Crippen MR) is 63.8 cm³/mol. The van der Waals surface area contributed by atoms with Gasteiger partial charge in [-0.05, 0) is 24.5 Å². The van der Waals surface area contributed by atoms with Crippen LogP contribution < -0.4 is 0 Å². The fraction of sp³-hybridized carbons (Fsp3) is 0.385. The van der Waals surface area contributed by atoms with Crippen LogP contribution in [0.3, 0.4) is 0 Å². The molecule has 0 saturated heterocycles. The number of aliphatic hydroxyl groups is 1. The zero-order valence-corrected chi connectivity index (χ0v) is 10.3. The minimum absolute atomic E-state index is 0.0424. The van der Waals surface area contributed by atoms with Gasteiger partial charge in [0.1, 0.15) is 0 Å². The summed E-state index contributed by atoms with van der Waals surface area (Å²) in [6.45, 7) is 1.26. The highest BCUT2D eigenvalue weighted by Gasteiger charge is 2.42. The number of carbonyl (C=O) groups excluding carboxylic acids is 1. The van der Waals surface area contributed by atoms with Gasteiger partial charge in [0.25, 0.3) is 0 Å². The molecular weight excluding hydrogens is 236 g/mol. The average Bonchev–Trinajstić information content (AvgIpc) is 2.38. The maximum Gasteiger partial charge on any atom is 0.323 e. The van der Waals surface area contributed by atoms with Crippen molar-refractivity contribution in [1.82, 2.24) is 0 Å². The molecule has 0 fully saturated rings. The van der Waals surface area contributed by atoms with Crippen LogP contribution in [0.15, 0.2) is 24.3 Å². The van der Waals surface area contributed by atoms with Gasteiger partial charge in [-0.15, -0.1) is 0 Å². The van der Waals surface area contributed by atoms with Gasteiger partial charge in [0.2, 0.25) is 0 Å². The van der Waals surface area contributed by atoms with E-state index in [0.717, 1.165) is 5.56 Å². The van der Waals surface area contributed by atoms with Crippen LogP contribution >= 0.6 is 0 Å². The van der Waals surface area contributed by atoms with Crippen LogP contribution in [0, 0.1) is 5.41 Å². The number of carboxylic acid groups (broad SMARTS) is 1. The van der Waals surface area contributed by atoms with Gasteiger partial charge >= 0.3 is 11.9 Å². The SMILES string of the molecule is COC(=O)C(C)(Cc1ccc(CO)cc1)C(=O)O. The molecule has 0 heterocycles. The molecule has 0 spiro atoms. The van der Waals surface area contributed by atoms with E-state index in [2.05, 4.69) is 4.74 Å². The summed E-state index contributed by atoms with van der Waals surface area (Å²) in [6.07, 6.45) is 0.0424. The molecular formula is C13H16O5. The van der Waals surface area contributed by atoms with Crippen LogP contribution in [0.1, 0.15) is 18.1 Å². The number of aliphatic carboxylic acids is 1. The number of methoxy groups -OCH3 is 1. The van der Waals surface area contributed by atoms with Gasteiger partial charge in [-0.2, -0.15) is 0 Å². The largest absolute Gasteiger partial charge is 0.480 e. The first-order chi connectivity index (χ1) is 8.43. The van der Waals surface area contributed by atoms with Gasteiger partial charge in [0.05, 0.1) is 13.7 Å². The van der Waals surface area contributed by atoms with Crippen LogP contribution in [-0.2, 0) is 27.4 Å². The summed E-state index contributed by atoms with van der Waals surface area (Å²) in [5.74, 6) is -2.00. The normalized spacial score (nSPS) is 13.7. The fourth-order valence-electron chi connectivity index (χ4n) is 1.63. The van der Waals surface area contributed by atoms with Gasteiger partial charge < -0.3 is 14.9 Å². The quantitative estimate of drug-likeness (QED) is 0.603. The van der Waals surface area contributed by atoms with Crippen molar-refractivity contribution in [2.75, 3.05) is 7.11 Å². The van der Waals surface area contributed by atoms with Gasteiger partial charge in [-0.1, -0.05) is 24.3 Å². The maximum atomic E-state index is 11.6. The molecule has 1 aromatic carbocycles. The summed E-state index contributed by atoms with van der Waals surface area (Å²) in [4.78, 5) is 22.8. The van der Waals surface area contributed by atoms with Crippen molar-refractivity contribution in [3.8, 4) is 0 Å². The van der Waals surface area contributed by atoms with Crippen LogP contribution in [0.2, 0.25) is 0 Å². The molecule has 2 N–H and O–H groups in total. The van der Waals surface area contributed by atoms with Crippen molar-refractivity contribution >= 4 is 11.9 Å². The van der Waals surface area contributed by atoms with Gasteiger partial charge in [0, 0.05) is 0 Å². The Morgan fingerprint density at radius 3 is 2.11 bits per heavy atom. The van der Waals surface area contributed by atoms with Crippen molar-refractivity contribution in [2.45, 2.75) is 20.0 Å². The van der Waals surface area contributed by atoms with E-state index in [4.69, 9.17) is 10.2 Å². The molecule has 5 nitrogen and oxygen atoms in total. The number of esters is 1. The zero-order chi connectivity index (χ0) is 13.8. The number of benzene rings is 1. The third kappa shape index (κ3) is 2.87. The number of carboxylic acids is 1. The van der Waals surface area contributed by atoms with Crippen LogP contribution in [0.25, 0.3) is 0 Å². The van der Waals surface area contributed by atoms with E-state index >= 15 is 0 Å². The number of aliphatic hydroxyl groups excluding tert-OH is 1. The van der Waals surface area contributed by atoms with E-state index in [1.165, 1.54) is 14.0 Å². The molecule has 0 amide bonds. The first-order valence-corrected chi connectivity index (χ1v) is 5.44. The number of rotatable bonds is 5. The van der Waals surface area contributed by atoms with Crippen molar-refractivity contribution in [3.63, 3.8) is 0 Å². The molecule has 5 heteroatoms. The summed E-state index contributed by atoms with van der Waals surface area (Å²) < 4.78 is 4.53. The molecule has 0 aromatic heterocycles. The fourth-order valence-corrected chi connectivity index (χ4v) is 1.63. The second kappa shape index (κ2) is 5.64. The molecule has 0 saturated carbocycles. The van der Waals surface area contributed by atoms with Crippen molar-refractivity contribution in [3.05, 3.63) is 35.4 Å². The molecule has 0 aliphatic carbocycles. The van der Waals surface area contributed by atoms with Crippen molar-refractivity contribution < 1.29 is 24.5 Å². The number of hydrogen-bond donors (Lipinski definition) is 2. The lowest BCUT2D eigenvalue weighted by Crippen LogP contribution is -2.39. The first-order valence-electron chi connectivity index (χ1n) is 5.44. The Hall–Kier alpha value is -1.88. The summed E-state index contributed by atoms with van der Waals surface area (Å²) in [5.41, 5.74) is -0.175. The zero-order valence-electron chi connectivity index (χ0n) is 10.3. The third-order valence-electron chi connectivity index (χ3n) is 2.87. The highest BCUT2D eigenvalue weighted by Crippen LogP contribution is 2.25. The molecule has 1 aromatic rings. The van der Waals surface area contributed by atoms with E-state index in [9.17, 15) is 9.59 Å². The van der Waals surface area contributed by atoms with E-state index in [1.807, 2.05) is 0 Å². The lowest BCUT2D eigenvalue weighted by atomic mass is 9.83. The van der Waals surface area contributed by atoms with Crippen LogP contribution in [0.5, 0.6) is 0 Å². The molecule has 0 bridgehead atoms. The van der Waals surface area contributed by atoms with E-state index < -0.39 is 17.4 Å². The molecule has 18 heavy (non-hydrogen) atoms. The number of ether oxygens (including phenoxy) is 1. The summed E-state index contributed by atoms with van der Waals surface area (Å²) in [6, 6.07) is 6.76. The van der Waals surface area contributed by atoms with E-state index in [0.29, 0.717) is 5.56 Å². The Kier molecular flexibility index (Phi) is 4.44. The minimum Gasteiger partial charge on any atom is -0.480 e. The molecule has 1 atom stereocenters. The third-order valence-corrected chi connectivity index (χ3v) is 2.87. The Bertz CT molecular complexity index is 437. The monoisotopic (exact) mass is 252 g/mol. The lowest BCUT2D eigenvalue weighted by Gasteiger charge is -2.21. The molecule has 0 radical (unpaired) electrons.